The van der Waals surface area contributed by atoms with E-state index in [9.17, 15) is 22.4 Å². The van der Waals surface area contributed by atoms with Crippen molar-refractivity contribution in [2.24, 2.45) is 0 Å². The Morgan fingerprint density at radius 3 is 2.19 bits per heavy atom. The first-order chi connectivity index (χ1) is 9.77. The van der Waals surface area contributed by atoms with Crippen LogP contribution in [-0.2, 0) is 6.18 Å². The summed E-state index contributed by atoms with van der Waals surface area (Å²) in [7, 11) is 0. The molecule has 0 atom stereocenters. The molecule has 2 nitrogen and oxygen atoms in total. The fourth-order valence-corrected chi connectivity index (χ4v) is 1.64. The second-order valence-corrected chi connectivity index (χ2v) is 4.38. The number of halogens is 4. The van der Waals surface area contributed by atoms with Gasteiger partial charge in [-0.25, -0.2) is 9.18 Å². The fourth-order valence-electron chi connectivity index (χ4n) is 1.64. The maximum atomic E-state index is 13.1. The van der Waals surface area contributed by atoms with Crippen LogP contribution >= 0.6 is 0 Å². The van der Waals surface area contributed by atoms with Gasteiger partial charge < -0.3 is 4.74 Å². The van der Waals surface area contributed by atoms with Gasteiger partial charge in [0.25, 0.3) is 0 Å². The summed E-state index contributed by atoms with van der Waals surface area (Å²) in [6.45, 7) is 1.50. The third-order valence-corrected chi connectivity index (χ3v) is 2.79. The van der Waals surface area contributed by atoms with E-state index in [0.717, 1.165) is 30.3 Å². The Balaban J connectivity index is 2.15. The molecule has 0 radical (unpaired) electrons. The van der Waals surface area contributed by atoms with Crippen LogP contribution in [0.5, 0.6) is 5.75 Å². The van der Waals surface area contributed by atoms with Gasteiger partial charge in [-0.3, -0.25) is 0 Å². The van der Waals surface area contributed by atoms with Gasteiger partial charge in [0.15, 0.2) is 0 Å². The van der Waals surface area contributed by atoms with E-state index in [1.165, 1.54) is 19.1 Å². The van der Waals surface area contributed by atoms with Crippen LogP contribution in [0.25, 0.3) is 0 Å². The van der Waals surface area contributed by atoms with E-state index in [2.05, 4.69) is 0 Å². The van der Waals surface area contributed by atoms with Gasteiger partial charge in [-0.05, 0) is 55.0 Å². The van der Waals surface area contributed by atoms with Gasteiger partial charge in [0.1, 0.15) is 11.6 Å². The van der Waals surface area contributed by atoms with Crippen LogP contribution < -0.4 is 4.74 Å². The van der Waals surface area contributed by atoms with Crippen molar-refractivity contribution in [3.8, 4) is 5.75 Å². The van der Waals surface area contributed by atoms with Crippen LogP contribution in [-0.4, -0.2) is 5.97 Å². The lowest BCUT2D eigenvalue weighted by Gasteiger charge is -2.08. The van der Waals surface area contributed by atoms with Crippen LogP contribution in [0.15, 0.2) is 42.5 Å². The number of carbonyl (C=O) groups is 1. The zero-order chi connectivity index (χ0) is 15.6. The Labute approximate surface area is 118 Å². The first-order valence-electron chi connectivity index (χ1n) is 5.93. The zero-order valence-corrected chi connectivity index (χ0v) is 10.9. The molecule has 0 amide bonds. The van der Waals surface area contributed by atoms with E-state index < -0.39 is 23.5 Å². The minimum atomic E-state index is -4.46. The number of alkyl halides is 3. The Bertz CT molecular complexity index is 660. The van der Waals surface area contributed by atoms with Gasteiger partial charge in [0, 0.05) is 0 Å². The average molecular weight is 298 g/mol. The predicted octanol–water partition coefficient (Wildman–Crippen LogP) is 4.37. The van der Waals surface area contributed by atoms with Crippen LogP contribution in [0.3, 0.4) is 0 Å². The summed E-state index contributed by atoms with van der Waals surface area (Å²) >= 11 is 0. The molecule has 0 saturated heterocycles. The first kappa shape index (κ1) is 15.0. The van der Waals surface area contributed by atoms with Crippen molar-refractivity contribution in [1.82, 2.24) is 0 Å². The largest absolute Gasteiger partial charge is 0.423 e. The van der Waals surface area contributed by atoms with Crippen LogP contribution in [0.2, 0.25) is 0 Å². The summed E-state index contributed by atoms with van der Waals surface area (Å²) in [6, 6.07) is 7.40. The summed E-state index contributed by atoms with van der Waals surface area (Å²) in [5.41, 5.74) is -0.575. The van der Waals surface area contributed by atoms with Crippen LogP contribution in [0, 0.1) is 12.7 Å². The SMILES string of the molecule is Cc1cc(OC(=O)c2ccc(C(F)(F)F)cc2)ccc1F. The molecular weight excluding hydrogens is 288 g/mol. The number of carbonyl (C=O) groups excluding carboxylic acids is 1. The molecule has 6 heteroatoms. The zero-order valence-electron chi connectivity index (χ0n) is 10.9. The molecule has 0 fully saturated rings. The highest BCUT2D eigenvalue weighted by molar-refractivity contribution is 5.91. The minimum absolute atomic E-state index is 0.0232. The third-order valence-electron chi connectivity index (χ3n) is 2.79. The molecule has 0 aliphatic rings. The summed E-state index contributed by atoms with van der Waals surface area (Å²) in [5, 5.41) is 0. The number of hydrogen-bond acceptors (Lipinski definition) is 2. The van der Waals surface area contributed by atoms with Crippen molar-refractivity contribution in [3.63, 3.8) is 0 Å². The highest BCUT2D eigenvalue weighted by Crippen LogP contribution is 2.29. The first-order valence-corrected chi connectivity index (χ1v) is 5.93. The predicted molar refractivity (Wildman–Crippen MR) is 67.5 cm³/mol. The fraction of sp³-hybridized carbons (Fsp3) is 0.133. The molecule has 2 rings (SSSR count). The van der Waals surface area contributed by atoms with Crippen LogP contribution in [0.4, 0.5) is 17.6 Å². The smallest absolute Gasteiger partial charge is 0.416 e. The standard InChI is InChI=1S/C15H10F4O2/c1-9-8-12(6-7-13(9)16)21-14(20)10-2-4-11(5-3-10)15(17,18)19/h2-8H,1H3. The van der Waals surface area contributed by atoms with E-state index in [-0.39, 0.29) is 11.3 Å². The van der Waals surface area contributed by atoms with Gasteiger partial charge in [-0.1, -0.05) is 0 Å². The number of rotatable bonds is 2. The topological polar surface area (TPSA) is 26.3 Å². The van der Waals surface area contributed by atoms with E-state index in [0.29, 0.717) is 5.56 Å². The summed E-state index contributed by atoms with van der Waals surface area (Å²) in [5.74, 6) is -1.13. The molecular formula is C15H10F4O2. The summed E-state index contributed by atoms with van der Waals surface area (Å²) in [4.78, 5) is 11.8. The highest BCUT2D eigenvalue weighted by atomic mass is 19.4. The molecule has 2 aromatic carbocycles. The normalized spacial score (nSPS) is 11.3. The highest BCUT2D eigenvalue weighted by Gasteiger charge is 2.30. The van der Waals surface area contributed by atoms with Crippen molar-refractivity contribution in [1.29, 1.82) is 0 Å². The van der Waals surface area contributed by atoms with Gasteiger partial charge >= 0.3 is 12.1 Å². The molecule has 0 aliphatic heterocycles. The third kappa shape index (κ3) is 3.59. The van der Waals surface area contributed by atoms with Gasteiger partial charge in [-0.15, -0.1) is 0 Å². The molecule has 0 spiro atoms. The molecule has 2 aromatic rings. The number of aryl methyl sites for hydroxylation is 1. The Hall–Kier alpha value is -2.37. The lowest BCUT2D eigenvalue weighted by Crippen LogP contribution is -2.10. The molecule has 0 aliphatic carbocycles. The van der Waals surface area contributed by atoms with Crippen molar-refractivity contribution in [3.05, 3.63) is 65.0 Å². The maximum Gasteiger partial charge on any atom is 0.416 e. The second-order valence-electron chi connectivity index (χ2n) is 4.38. The van der Waals surface area contributed by atoms with Gasteiger partial charge in [0.05, 0.1) is 11.1 Å². The molecule has 21 heavy (non-hydrogen) atoms. The molecule has 0 heterocycles. The summed E-state index contributed by atoms with van der Waals surface area (Å²) in [6.07, 6.45) is -4.46. The van der Waals surface area contributed by atoms with Crippen molar-refractivity contribution in [2.75, 3.05) is 0 Å². The Morgan fingerprint density at radius 1 is 1.05 bits per heavy atom. The van der Waals surface area contributed by atoms with E-state index in [4.69, 9.17) is 4.74 Å². The van der Waals surface area contributed by atoms with E-state index in [1.54, 1.807) is 0 Å². The maximum absolute atomic E-state index is 13.1. The molecule has 0 bridgehead atoms. The van der Waals surface area contributed by atoms with Crippen LogP contribution in [0.1, 0.15) is 21.5 Å². The number of hydrogen-bond donors (Lipinski definition) is 0. The minimum Gasteiger partial charge on any atom is -0.423 e. The number of benzene rings is 2. The van der Waals surface area contributed by atoms with Crippen molar-refractivity contribution < 1.29 is 27.1 Å². The molecule has 0 saturated carbocycles. The second kappa shape index (κ2) is 5.55. The Kier molecular flexibility index (Phi) is 3.97. The lowest BCUT2D eigenvalue weighted by atomic mass is 10.1. The molecule has 110 valence electrons. The lowest BCUT2D eigenvalue weighted by molar-refractivity contribution is -0.137. The monoisotopic (exact) mass is 298 g/mol. The summed E-state index contributed by atoms with van der Waals surface area (Å²) < 4.78 is 55.2. The Morgan fingerprint density at radius 2 is 1.67 bits per heavy atom. The van der Waals surface area contributed by atoms with Crippen molar-refractivity contribution in [2.45, 2.75) is 13.1 Å². The van der Waals surface area contributed by atoms with E-state index >= 15 is 0 Å². The van der Waals surface area contributed by atoms with Gasteiger partial charge in [-0.2, -0.15) is 13.2 Å². The van der Waals surface area contributed by atoms with Gasteiger partial charge in [0.2, 0.25) is 0 Å². The quantitative estimate of drug-likeness (QED) is 0.467. The van der Waals surface area contributed by atoms with E-state index in [1.807, 2.05) is 0 Å². The number of esters is 1. The van der Waals surface area contributed by atoms with Crippen molar-refractivity contribution >= 4 is 5.97 Å². The molecule has 0 aromatic heterocycles. The number of ether oxygens (including phenoxy) is 1. The molecule has 0 N–H and O–H groups in total. The molecule has 0 unspecified atom stereocenters. The average Bonchev–Trinajstić information content (AvgIpc) is 2.42.